The summed E-state index contributed by atoms with van der Waals surface area (Å²) in [5.74, 6) is 0. The smallest absolute Gasteiger partial charge is 0.0311 e. The Morgan fingerprint density at radius 1 is 1.14 bits per heavy atom. The van der Waals surface area contributed by atoms with E-state index in [1.807, 2.05) is 0 Å². The van der Waals surface area contributed by atoms with Crippen molar-refractivity contribution in [3.05, 3.63) is 0 Å². The molecule has 0 spiro atoms. The second-order valence-corrected chi connectivity index (χ2v) is 1.22. The number of quaternary nitrogens is 1. The fraction of sp³-hybridized carbons (Fsp3) is 0. The standard InChI is InChI=1S/H3N.H2O4S.Ti/c;1-5(2,3)4;/h1H3;(H2,1,2,3,4);/p-1. The molecule has 0 bridgehead atoms. The van der Waals surface area contributed by atoms with E-state index < -0.39 is 10.4 Å². The molecule has 0 aromatic heterocycles. The molecule has 0 heterocycles. The molecule has 0 aliphatic carbocycles. The molecular weight excluding hydrogens is 158 g/mol. The van der Waals surface area contributed by atoms with Gasteiger partial charge in [-0.2, -0.15) is 0 Å². The third-order valence-electron chi connectivity index (χ3n) is 0. The first-order valence-electron chi connectivity index (χ1n) is 0.667. The Balaban J connectivity index is -0.0000000800. The summed E-state index contributed by atoms with van der Waals surface area (Å²) in [7, 11) is -5.17. The number of hydrogen-bond donors (Lipinski definition) is 1. The predicted molar refractivity (Wildman–Crippen MR) is 16.5 cm³/mol. The molecule has 0 unspecified atom stereocenters. The van der Waals surface area contributed by atoms with Crippen molar-refractivity contribution in [2.75, 3.05) is 0 Å². The van der Waals surface area contributed by atoms with Crippen LogP contribution < -0.4 is 6.15 Å². The zero-order valence-corrected chi connectivity index (χ0v) is 5.92. The Bertz CT molecular complexity index is 94.9. The van der Waals surface area contributed by atoms with Crippen LogP contribution in [0.2, 0.25) is 0 Å². The van der Waals surface area contributed by atoms with Gasteiger partial charge in [-0.1, -0.05) is 0 Å². The van der Waals surface area contributed by atoms with Gasteiger partial charge in [-0.05, 0) is 0 Å². The van der Waals surface area contributed by atoms with Crippen molar-refractivity contribution in [3.8, 4) is 0 Å². The topological polar surface area (TPSA) is 117 Å². The van der Waals surface area contributed by atoms with Gasteiger partial charge in [-0.15, -0.1) is 0 Å². The van der Waals surface area contributed by atoms with E-state index in [1.54, 1.807) is 0 Å². The van der Waals surface area contributed by atoms with Crippen LogP contribution in [-0.2, 0) is 32.1 Å². The van der Waals surface area contributed by atoms with Crippen molar-refractivity contribution in [2.24, 2.45) is 0 Å². The molecule has 0 radical (unpaired) electrons. The zero-order valence-electron chi connectivity index (χ0n) is 3.54. The second kappa shape index (κ2) is 4.70. The number of hydrogen-bond acceptors (Lipinski definition) is 4. The van der Waals surface area contributed by atoms with Crippen LogP contribution in [0.25, 0.3) is 0 Å². The monoisotopic (exact) mass is 162 g/mol. The van der Waals surface area contributed by atoms with Crippen molar-refractivity contribution in [3.63, 3.8) is 0 Å². The van der Waals surface area contributed by atoms with Crippen LogP contribution >= 0.6 is 0 Å². The second-order valence-electron chi connectivity index (χ2n) is 0.408. The molecule has 0 saturated heterocycles. The van der Waals surface area contributed by atoms with Crippen molar-refractivity contribution in [2.45, 2.75) is 0 Å². The molecular formula is H4NO4STi-. The van der Waals surface area contributed by atoms with Crippen LogP contribution in [0.4, 0.5) is 0 Å². The fourth-order valence-corrected chi connectivity index (χ4v) is 0. The van der Waals surface area contributed by atoms with Crippen LogP contribution in [0.5, 0.6) is 0 Å². The average Bonchev–Trinajstić information content (AvgIpc) is 0.722. The Morgan fingerprint density at radius 3 is 1.14 bits per heavy atom. The van der Waals surface area contributed by atoms with E-state index in [0.29, 0.717) is 0 Å². The van der Waals surface area contributed by atoms with Gasteiger partial charge in [0.15, 0.2) is 0 Å². The van der Waals surface area contributed by atoms with Crippen LogP contribution in [0.3, 0.4) is 0 Å². The summed E-state index contributed by atoms with van der Waals surface area (Å²) in [5, 5.41) is 0. The van der Waals surface area contributed by atoms with Gasteiger partial charge in [-0.25, -0.2) is 0 Å². The maximum atomic E-state index is 8.52. The summed E-state index contributed by atoms with van der Waals surface area (Å²) in [6.07, 6.45) is 0. The molecule has 0 amide bonds. The van der Waals surface area contributed by atoms with E-state index in [9.17, 15) is 0 Å². The Hall–Kier alpha value is 0.544. The molecule has 7 heavy (non-hydrogen) atoms. The summed E-state index contributed by atoms with van der Waals surface area (Å²) < 4.78 is 34.1. The van der Waals surface area contributed by atoms with Gasteiger partial charge in [0, 0.05) is 32.1 Å². The fourth-order valence-electron chi connectivity index (χ4n) is 0. The number of rotatable bonds is 0. The zero-order chi connectivity index (χ0) is 4.50. The quantitative estimate of drug-likeness (QED) is 0.280. The van der Waals surface area contributed by atoms with Crippen molar-refractivity contribution in [1.29, 1.82) is 0 Å². The Labute approximate surface area is 56.1 Å². The van der Waals surface area contributed by atoms with E-state index >= 15 is 0 Å². The normalized spacial score (nSPS) is 8.29. The molecule has 0 rings (SSSR count). The van der Waals surface area contributed by atoms with Crippen LogP contribution in [0.1, 0.15) is 0 Å². The Morgan fingerprint density at radius 2 is 1.14 bits per heavy atom. The van der Waals surface area contributed by atoms with E-state index in [2.05, 4.69) is 0 Å². The van der Waals surface area contributed by atoms with Gasteiger partial charge in [0.05, 0.1) is 0 Å². The van der Waals surface area contributed by atoms with Gasteiger partial charge in [0.1, 0.15) is 0 Å². The molecule has 0 aliphatic rings. The van der Waals surface area contributed by atoms with Crippen molar-refractivity contribution in [1.82, 2.24) is 6.15 Å². The van der Waals surface area contributed by atoms with Gasteiger partial charge in [-0.3, -0.25) is 8.42 Å². The first-order valence-corrected chi connectivity index (χ1v) is 2.00. The first-order chi connectivity index (χ1) is 2.00. The summed E-state index contributed by atoms with van der Waals surface area (Å²) in [4.78, 5) is 0. The molecule has 7 heteroatoms. The minimum atomic E-state index is -5.17. The molecule has 0 atom stereocenters. The molecule has 0 fully saturated rings. The molecule has 44 valence electrons. The summed E-state index contributed by atoms with van der Waals surface area (Å²) in [5.41, 5.74) is 0. The van der Waals surface area contributed by atoms with Crippen LogP contribution in [0, 0.1) is 0 Å². The molecule has 5 nitrogen and oxygen atoms in total. The Kier molecular flexibility index (Phi) is 10.5. The molecule has 0 saturated carbocycles. The minimum Gasteiger partial charge on any atom is -0.759 e. The van der Waals surface area contributed by atoms with E-state index in [-0.39, 0.29) is 27.9 Å². The van der Waals surface area contributed by atoms with E-state index in [0.717, 1.165) is 0 Å². The third kappa shape index (κ3) is 456. The molecule has 0 aliphatic heterocycles. The third-order valence-corrected chi connectivity index (χ3v) is 0. The van der Waals surface area contributed by atoms with Gasteiger partial charge >= 0.3 is 0 Å². The first kappa shape index (κ1) is 15.6. The van der Waals surface area contributed by atoms with Gasteiger partial charge < -0.3 is 15.3 Å². The molecule has 4 N–H and O–H groups in total. The largest absolute Gasteiger partial charge is 0.759 e. The van der Waals surface area contributed by atoms with Crippen LogP contribution in [0.15, 0.2) is 0 Å². The van der Waals surface area contributed by atoms with E-state index in [1.165, 1.54) is 0 Å². The average molecular weight is 162 g/mol. The van der Waals surface area contributed by atoms with Gasteiger partial charge in [0.2, 0.25) is 0 Å². The summed E-state index contributed by atoms with van der Waals surface area (Å²) in [6, 6.07) is 0. The van der Waals surface area contributed by atoms with Crippen LogP contribution in [-0.4, -0.2) is 17.5 Å². The minimum absolute atomic E-state index is 0. The molecule has 0 aromatic carbocycles. The SMILES string of the molecule is O=S(=O)([O-])[O-].[NH4+].[Ti]. The van der Waals surface area contributed by atoms with Gasteiger partial charge in [0.25, 0.3) is 0 Å². The van der Waals surface area contributed by atoms with E-state index in [4.69, 9.17) is 17.5 Å². The maximum absolute atomic E-state index is 8.52. The summed E-state index contributed by atoms with van der Waals surface area (Å²) in [6.45, 7) is 0. The molecule has 0 aromatic rings. The predicted octanol–water partition coefficient (Wildman–Crippen LogP) is -0.964. The maximum Gasteiger partial charge on any atom is 0.0311 e. The summed E-state index contributed by atoms with van der Waals surface area (Å²) >= 11 is 0. The van der Waals surface area contributed by atoms with Crippen molar-refractivity contribution >= 4 is 10.4 Å². The van der Waals surface area contributed by atoms with Crippen molar-refractivity contribution < 1.29 is 39.2 Å².